The van der Waals surface area contributed by atoms with E-state index in [0.717, 1.165) is 12.1 Å². The Bertz CT molecular complexity index is 963. The third-order valence-electron chi connectivity index (χ3n) is 3.76. The summed E-state index contributed by atoms with van der Waals surface area (Å²) in [5.41, 5.74) is 1.22. The van der Waals surface area contributed by atoms with Gasteiger partial charge in [0.25, 0.3) is 6.43 Å². The number of imidazole rings is 1. The molecule has 0 aliphatic rings. The number of pyridine rings is 1. The van der Waals surface area contributed by atoms with Crippen molar-refractivity contribution in [1.29, 1.82) is 0 Å². The van der Waals surface area contributed by atoms with Crippen LogP contribution >= 0.6 is 0 Å². The van der Waals surface area contributed by atoms with Gasteiger partial charge in [-0.05, 0) is 24.6 Å². The maximum atomic E-state index is 13.5. The smallest absolute Gasteiger partial charge is 0.280 e. The zero-order valence-electron chi connectivity index (χ0n) is 13.5. The number of hydrogen-bond donors (Lipinski definition) is 0. The molecule has 0 spiro atoms. The van der Waals surface area contributed by atoms with Gasteiger partial charge in [0.15, 0.2) is 11.6 Å². The van der Waals surface area contributed by atoms with Crippen LogP contribution in [-0.4, -0.2) is 20.4 Å². The van der Waals surface area contributed by atoms with Gasteiger partial charge in [0.1, 0.15) is 23.4 Å². The zero-order valence-corrected chi connectivity index (χ0v) is 13.5. The quantitative estimate of drug-likeness (QED) is 0.381. The molecule has 4 nitrogen and oxygen atoms in total. The van der Waals surface area contributed by atoms with Gasteiger partial charge in [-0.3, -0.25) is 9.55 Å². The maximum Gasteiger partial charge on any atom is 0.280 e. The van der Waals surface area contributed by atoms with Crippen LogP contribution in [0.1, 0.15) is 31.0 Å². The average molecular weight is 350 g/mol. The highest BCUT2D eigenvalue weighted by atomic mass is 19.3. The van der Waals surface area contributed by atoms with Gasteiger partial charge in [0, 0.05) is 12.5 Å². The largest absolute Gasteiger partial charge is 0.286 e. The molecule has 1 aromatic carbocycles. The van der Waals surface area contributed by atoms with Crippen LogP contribution < -0.4 is 0 Å². The van der Waals surface area contributed by atoms with E-state index in [-0.39, 0.29) is 11.4 Å². The number of aromatic nitrogens is 3. The fourth-order valence-corrected chi connectivity index (χ4v) is 2.45. The van der Waals surface area contributed by atoms with Crippen molar-refractivity contribution in [2.24, 2.45) is 4.99 Å². The fraction of sp³-hybridized carbons (Fsp3) is 0.235. The number of halogens is 4. The lowest BCUT2D eigenvalue weighted by molar-refractivity contribution is 0.146. The second-order valence-electron chi connectivity index (χ2n) is 5.45. The number of benzene rings is 1. The van der Waals surface area contributed by atoms with Gasteiger partial charge in [0.05, 0.1) is 17.4 Å². The standard InChI is InChI=1S/C17H14F4N4/c1-3-16(24-12-5-11(19)10(18)4-9(12)2)25-8-23-14-7-22-13(17(20)21)6-15(14)25/h4-8,17H,3H2,1-2H3. The van der Waals surface area contributed by atoms with Crippen molar-refractivity contribution in [3.8, 4) is 0 Å². The van der Waals surface area contributed by atoms with E-state index < -0.39 is 18.1 Å². The summed E-state index contributed by atoms with van der Waals surface area (Å²) in [5.74, 6) is -1.49. The molecule has 0 fully saturated rings. The van der Waals surface area contributed by atoms with Gasteiger partial charge in [-0.25, -0.2) is 27.5 Å². The Kier molecular flexibility index (Phi) is 4.52. The summed E-state index contributed by atoms with van der Waals surface area (Å²) < 4.78 is 54.1. The summed E-state index contributed by atoms with van der Waals surface area (Å²) in [6, 6.07) is 3.31. The molecule has 2 aromatic heterocycles. The number of hydrogen-bond acceptors (Lipinski definition) is 3. The van der Waals surface area contributed by atoms with E-state index in [1.54, 1.807) is 11.5 Å². The normalized spacial score (nSPS) is 12.4. The Morgan fingerprint density at radius 1 is 1.16 bits per heavy atom. The molecule has 0 saturated carbocycles. The molecule has 0 unspecified atom stereocenters. The third-order valence-corrected chi connectivity index (χ3v) is 3.76. The number of rotatable bonds is 3. The molecule has 0 aliphatic heterocycles. The zero-order chi connectivity index (χ0) is 18.1. The first kappa shape index (κ1) is 17.1. The van der Waals surface area contributed by atoms with E-state index in [9.17, 15) is 17.6 Å². The molecule has 25 heavy (non-hydrogen) atoms. The highest BCUT2D eigenvalue weighted by molar-refractivity contribution is 5.94. The summed E-state index contributed by atoms with van der Waals surface area (Å²) in [6.45, 7) is 3.43. The highest BCUT2D eigenvalue weighted by Crippen LogP contribution is 2.25. The first-order valence-corrected chi connectivity index (χ1v) is 7.55. The van der Waals surface area contributed by atoms with Crippen molar-refractivity contribution in [2.45, 2.75) is 26.7 Å². The molecule has 0 N–H and O–H groups in total. The third kappa shape index (κ3) is 3.24. The number of aryl methyl sites for hydroxylation is 1. The predicted octanol–water partition coefficient (Wildman–Crippen LogP) is 4.94. The van der Waals surface area contributed by atoms with Crippen LogP contribution in [0.15, 0.2) is 35.7 Å². The van der Waals surface area contributed by atoms with E-state index in [4.69, 9.17) is 0 Å². The van der Waals surface area contributed by atoms with Gasteiger partial charge in [-0.15, -0.1) is 0 Å². The molecule has 2 heterocycles. The maximum absolute atomic E-state index is 13.5. The van der Waals surface area contributed by atoms with E-state index in [2.05, 4.69) is 15.0 Å². The topological polar surface area (TPSA) is 43.1 Å². The van der Waals surface area contributed by atoms with Gasteiger partial charge in [-0.1, -0.05) is 6.92 Å². The molecule has 0 radical (unpaired) electrons. The first-order chi connectivity index (χ1) is 11.9. The van der Waals surface area contributed by atoms with Gasteiger partial charge in [-0.2, -0.15) is 0 Å². The molecule has 130 valence electrons. The van der Waals surface area contributed by atoms with E-state index >= 15 is 0 Å². The minimum Gasteiger partial charge on any atom is -0.286 e. The van der Waals surface area contributed by atoms with Crippen LogP contribution in [0.2, 0.25) is 0 Å². The first-order valence-electron chi connectivity index (χ1n) is 7.55. The molecule has 0 atom stereocenters. The van der Waals surface area contributed by atoms with Gasteiger partial charge in [0.2, 0.25) is 0 Å². The van der Waals surface area contributed by atoms with Crippen LogP contribution in [-0.2, 0) is 0 Å². The minimum atomic E-state index is -2.71. The van der Waals surface area contributed by atoms with Gasteiger partial charge < -0.3 is 0 Å². The second-order valence-corrected chi connectivity index (χ2v) is 5.45. The summed E-state index contributed by atoms with van der Waals surface area (Å²) in [7, 11) is 0. The van der Waals surface area contributed by atoms with Gasteiger partial charge >= 0.3 is 0 Å². The van der Waals surface area contributed by atoms with Crippen molar-refractivity contribution in [3.63, 3.8) is 0 Å². The highest BCUT2D eigenvalue weighted by Gasteiger charge is 2.14. The lowest BCUT2D eigenvalue weighted by Crippen LogP contribution is -2.09. The Hall–Kier alpha value is -2.77. The van der Waals surface area contributed by atoms with Crippen molar-refractivity contribution in [2.75, 3.05) is 0 Å². The van der Waals surface area contributed by atoms with Crippen molar-refractivity contribution >= 4 is 22.6 Å². The molecule has 0 bridgehead atoms. The Labute approximate surface area is 140 Å². The van der Waals surface area contributed by atoms with Crippen molar-refractivity contribution in [1.82, 2.24) is 14.5 Å². The number of aliphatic imine (C=N–C) groups is 1. The number of alkyl halides is 2. The van der Waals surface area contributed by atoms with Crippen LogP contribution in [0.3, 0.4) is 0 Å². The molecule has 3 rings (SSSR count). The monoisotopic (exact) mass is 350 g/mol. The predicted molar refractivity (Wildman–Crippen MR) is 86.4 cm³/mol. The SMILES string of the molecule is CCC(=Nc1cc(F)c(F)cc1C)n1cnc2cnc(C(F)F)cc21. The second kappa shape index (κ2) is 6.62. The van der Waals surface area contributed by atoms with Crippen LogP contribution in [0.5, 0.6) is 0 Å². The lowest BCUT2D eigenvalue weighted by Gasteiger charge is -2.09. The van der Waals surface area contributed by atoms with Crippen molar-refractivity contribution in [3.05, 3.63) is 53.6 Å². The molecular weight excluding hydrogens is 336 g/mol. The van der Waals surface area contributed by atoms with Crippen LogP contribution in [0, 0.1) is 18.6 Å². The van der Waals surface area contributed by atoms with E-state index in [1.165, 1.54) is 18.6 Å². The molecular formula is C17H14F4N4. The van der Waals surface area contributed by atoms with E-state index in [1.807, 2.05) is 6.92 Å². The minimum absolute atomic E-state index is 0.265. The Balaban J connectivity index is 2.14. The average Bonchev–Trinajstić information content (AvgIpc) is 3.00. The molecule has 3 aromatic rings. The van der Waals surface area contributed by atoms with E-state index in [0.29, 0.717) is 28.9 Å². The summed E-state index contributed by atoms with van der Waals surface area (Å²) in [6.07, 6.45) is 0.432. The molecule has 0 aliphatic carbocycles. The summed E-state index contributed by atoms with van der Waals surface area (Å²) >= 11 is 0. The lowest BCUT2D eigenvalue weighted by atomic mass is 10.2. The fourth-order valence-electron chi connectivity index (χ4n) is 2.45. The molecule has 0 amide bonds. The Morgan fingerprint density at radius 2 is 1.88 bits per heavy atom. The van der Waals surface area contributed by atoms with Crippen molar-refractivity contribution < 1.29 is 17.6 Å². The molecule has 8 heteroatoms. The molecule has 0 saturated heterocycles. The Morgan fingerprint density at radius 3 is 2.56 bits per heavy atom. The summed E-state index contributed by atoms with van der Waals surface area (Å²) in [4.78, 5) is 12.2. The number of nitrogens with zero attached hydrogens (tertiary/aromatic N) is 4. The van der Waals surface area contributed by atoms with Crippen LogP contribution in [0.25, 0.3) is 11.0 Å². The van der Waals surface area contributed by atoms with Crippen LogP contribution in [0.4, 0.5) is 23.2 Å². The summed E-state index contributed by atoms with van der Waals surface area (Å²) in [5, 5.41) is 0. The number of fused-ring (bicyclic) bond motifs is 1.